The molecular weight excluding hydrogens is 202 g/mol. The van der Waals surface area contributed by atoms with E-state index >= 15 is 0 Å². The molecule has 0 bridgehead atoms. The van der Waals surface area contributed by atoms with E-state index in [1.54, 1.807) is 13.8 Å². The van der Waals surface area contributed by atoms with Crippen LogP contribution in [0.1, 0.15) is 13.8 Å². The van der Waals surface area contributed by atoms with Gasteiger partial charge >= 0.3 is 5.97 Å². The molecule has 0 radical (unpaired) electrons. The number of rotatable bonds is 3. The molecule has 0 aromatic heterocycles. The Labute approximate surface area is 86.5 Å². The Kier molecular flexibility index (Phi) is 3.09. The van der Waals surface area contributed by atoms with Crippen LogP contribution in [0.4, 0.5) is 0 Å². The third kappa shape index (κ3) is 1.99. The normalized spacial score (nSPS) is 28.3. The Bertz CT molecular complexity index is 294. The van der Waals surface area contributed by atoms with Gasteiger partial charge in [0.15, 0.2) is 6.10 Å². The topological polar surface area (TPSA) is 94.9 Å². The first-order valence-corrected chi connectivity index (χ1v) is 4.62. The third-order valence-corrected chi connectivity index (χ3v) is 2.70. The summed E-state index contributed by atoms with van der Waals surface area (Å²) in [4.78, 5) is 34.1. The Hall–Kier alpha value is -1.43. The summed E-state index contributed by atoms with van der Waals surface area (Å²) in [6.45, 7) is 2.75. The van der Waals surface area contributed by atoms with Crippen LogP contribution in [0.3, 0.4) is 0 Å². The number of carboxylic acids is 1. The van der Waals surface area contributed by atoms with Crippen LogP contribution in [0, 0.1) is 11.8 Å². The molecule has 0 aromatic carbocycles. The van der Waals surface area contributed by atoms with E-state index in [0.717, 1.165) is 4.90 Å². The standard InChI is InChI=1S/C9H13NO5/c1-4-5(2)8(13)10(7(4)12)3-6(11)9(14)15/h4-6,11H,3H2,1-2H3,(H,14,15). The number of carbonyl (C=O) groups is 3. The third-order valence-electron chi connectivity index (χ3n) is 2.70. The summed E-state index contributed by atoms with van der Waals surface area (Å²) in [5, 5.41) is 17.5. The van der Waals surface area contributed by atoms with Gasteiger partial charge in [-0.1, -0.05) is 13.8 Å². The average molecular weight is 215 g/mol. The fraction of sp³-hybridized carbons (Fsp3) is 0.667. The van der Waals surface area contributed by atoms with Crippen molar-refractivity contribution in [2.24, 2.45) is 11.8 Å². The van der Waals surface area contributed by atoms with Crippen LogP contribution in [-0.2, 0) is 14.4 Å². The quantitative estimate of drug-likeness (QED) is 0.593. The number of likely N-dealkylation sites (tertiary alicyclic amines) is 1. The summed E-state index contributed by atoms with van der Waals surface area (Å²) in [7, 11) is 0. The Morgan fingerprint density at radius 3 is 2.07 bits per heavy atom. The van der Waals surface area contributed by atoms with Crippen molar-refractivity contribution in [3.8, 4) is 0 Å². The molecule has 3 unspecified atom stereocenters. The highest BCUT2D eigenvalue weighted by atomic mass is 16.4. The number of aliphatic hydroxyl groups excluding tert-OH is 1. The largest absolute Gasteiger partial charge is 0.479 e. The van der Waals surface area contributed by atoms with Crippen molar-refractivity contribution in [2.75, 3.05) is 6.54 Å². The molecule has 1 aliphatic rings. The molecule has 2 amide bonds. The number of hydrogen-bond donors (Lipinski definition) is 2. The number of aliphatic carboxylic acids is 1. The number of amides is 2. The van der Waals surface area contributed by atoms with Crippen molar-refractivity contribution < 1.29 is 24.6 Å². The molecule has 1 fully saturated rings. The Morgan fingerprint density at radius 1 is 1.33 bits per heavy atom. The van der Waals surface area contributed by atoms with Crippen molar-refractivity contribution in [2.45, 2.75) is 20.0 Å². The highest BCUT2D eigenvalue weighted by Crippen LogP contribution is 2.25. The minimum absolute atomic E-state index is 0.423. The molecule has 6 nitrogen and oxygen atoms in total. The first-order chi connectivity index (χ1) is 6.86. The minimum atomic E-state index is -1.71. The second-order valence-electron chi connectivity index (χ2n) is 3.72. The smallest absolute Gasteiger partial charge is 0.334 e. The molecule has 1 heterocycles. The van der Waals surface area contributed by atoms with Gasteiger partial charge in [0.2, 0.25) is 11.8 Å². The summed E-state index contributed by atoms with van der Waals surface area (Å²) >= 11 is 0. The van der Waals surface area contributed by atoms with Crippen LogP contribution in [0.2, 0.25) is 0 Å². The monoisotopic (exact) mass is 215 g/mol. The zero-order chi connectivity index (χ0) is 11.7. The summed E-state index contributed by atoms with van der Waals surface area (Å²) < 4.78 is 0. The molecule has 0 aliphatic carbocycles. The lowest BCUT2D eigenvalue weighted by Gasteiger charge is -2.16. The number of hydrogen-bond acceptors (Lipinski definition) is 4. The maximum Gasteiger partial charge on any atom is 0.334 e. The molecule has 6 heteroatoms. The number of carbonyl (C=O) groups excluding carboxylic acids is 2. The van der Waals surface area contributed by atoms with Crippen LogP contribution in [0.5, 0.6) is 0 Å². The van der Waals surface area contributed by atoms with Gasteiger partial charge in [-0.15, -0.1) is 0 Å². The van der Waals surface area contributed by atoms with Gasteiger partial charge in [-0.3, -0.25) is 14.5 Å². The van der Waals surface area contributed by atoms with Crippen LogP contribution in [0.15, 0.2) is 0 Å². The zero-order valence-electron chi connectivity index (χ0n) is 8.51. The Morgan fingerprint density at radius 2 is 1.73 bits per heavy atom. The van der Waals surface area contributed by atoms with Crippen LogP contribution < -0.4 is 0 Å². The average Bonchev–Trinajstić information content (AvgIpc) is 2.35. The summed E-state index contributed by atoms with van der Waals surface area (Å²) in [6.07, 6.45) is -1.71. The second-order valence-corrected chi connectivity index (χ2v) is 3.72. The molecule has 2 N–H and O–H groups in total. The lowest BCUT2D eigenvalue weighted by Crippen LogP contribution is -2.40. The molecule has 84 valence electrons. The van der Waals surface area contributed by atoms with Gasteiger partial charge in [0, 0.05) is 11.8 Å². The van der Waals surface area contributed by atoms with Gasteiger partial charge < -0.3 is 10.2 Å². The van der Waals surface area contributed by atoms with E-state index in [1.165, 1.54) is 0 Å². The lowest BCUT2D eigenvalue weighted by atomic mass is 10.00. The molecule has 1 aliphatic heterocycles. The molecule has 0 spiro atoms. The molecular formula is C9H13NO5. The molecule has 1 saturated heterocycles. The van der Waals surface area contributed by atoms with E-state index in [4.69, 9.17) is 10.2 Å². The number of β-amino-alcohol motifs (C(OH)–C–C–N with tert-alkyl or cyclic N) is 1. The molecule has 0 aromatic rings. The maximum atomic E-state index is 11.5. The first-order valence-electron chi connectivity index (χ1n) is 4.62. The van der Waals surface area contributed by atoms with Crippen LogP contribution in [0.25, 0.3) is 0 Å². The van der Waals surface area contributed by atoms with Gasteiger partial charge in [-0.2, -0.15) is 0 Å². The van der Waals surface area contributed by atoms with E-state index < -0.39 is 42.3 Å². The number of aliphatic hydroxyl groups is 1. The number of imide groups is 1. The highest BCUT2D eigenvalue weighted by Gasteiger charge is 2.43. The van der Waals surface area contributed by atoms with Crippen molar-refractivity contribution in [3.63, 3.8) is 0 Å². The maximum absolute atomic E-state index is 11.5. The van der Waals surface area contributed by atoms with Crippen molar-refractivity contribution in [1.29, 1.82) is 0 Å². The van der Waals surface area contributed by atoms with Gasteiger partial charge in [0.05, 0.1) is 6.54 Å². The summed E-state index contributed by atoms with van der Waals surface area (Å²) in [5.74, 6) is -3.18. The predicted octanol–water partition coefficient (Wildman–Crippen LogP) is -0.927. The fourth-order valence-corrected chi connectivity index (χ4v) is 1.46. The predicted molar refractivity (Wildman–Crippen MR) is 48.7 cm³/mol. The van der Waals surface area contributed by atoms with Crippen molar-refractivity contribution >= 4 is 17.8 Å². The van der Waals surface area contributed by atoms with Crippen LogP contribution >= 0.6 is 0 Å². The molecule has 1 rings (SSSR count). The number of nitrogens with zero attached hydrogens (tertiary/aromatic N) is 1. The first kappa shape index (κ1) is 11.6. The fourth-order valence-electron chi connectivity index (χ4n) is 1.46. The van der Waals surface area contributed by atoms with Gasteiger partial charge in [0.25, 0.3) is 0 Å². The van der Waals surface area contributed by atoms with E-state index in [1.807, 2.05) is 0 Å². The highest BCUT2D eigenvalue weighted by molar-refractivity contribution is 6.05. The van der Waals surface area contributed by atoms with Gasteiger partial charge in [0.1, 0.15) is 0 Å². The lowest BCUT2D eigenvalue weighted by molar-refractivity contribution is -0.150. The molecule has 0 saturated carbocycles. The van der Waals surface area contributed by atoms with Gasteiger partial charge in [-0.05, 0) is 0 Å². The molecule has 3 atom stereocenters. The minimum Gasteiger partial charge on any atom is -0.479 e. The Balaban J connectivity index is 2.75. The summed E-state index contributed by atoms with van der Waals surface area (Å²) in [6, 6.07) is 0. The van der Waals surface area contributed by atoms with Crippen molar-refractivity contribution in [3.05, 3.63) is 0 Å². The van der Waals surface area contributed by atoms with Crippen LogP contribution in [-0.4, -0.2) is 45.5 Å². The van der Waals surface area contributed by atoms with E-state index in [2.05, 4.69) is 0 Å². The van der Waals surface area contributed by atoms with E-state index in [9.17, 15) is 14.4 Å². The number of carboxylic acid groups (broad SMARTS) is 1. The van der Waals surface area contributed by atoms with E-state index in [-0.39, 0.29) is 0 Å². The molecule has 15 heavy (non-hydrogen) atoms. The second kappa shape index (κ2) is 3.98. The zero-order valence-corrected chi connectivity index (χ0v) is 8.51. The SMILES string of the molecule is CC1C(=O)N(CC(O)C(=O)O)C(=O)C1C. The summed E-state index contributed by atoms with van der Waals surface area (Å²) in [5.41, 5.74) is 0. The van der Waals surface area contributed by atoms with Gasteiger partial charge in [-0.25, -0.2) is 4.79 Å². The van der Waals surface area contributed by atoms with Crippen molar-refractivity contribution in [1.82, 2.24) is 4.90 Å². The van der Waals surface area contributed by atoms with E-state index in [0.29, 0.717) is 0 Å².